The average molecular weight is 397 g/mol. The van der Waals surface area contributed by atoms with Crippen LogP contribution in [0.25, 0.3) is 0 Å². The number of hydrogen-bond acceptors (Lipinski definition) is 6. The highest BCUT2D eigenvalue weighted by molar-refractivity contribution is 8.01. The van der Waals surface area contributed by atoms with Gasteiger partial charge >= 0.3 is 0 Å². The van der Waals surface area contributed by atoms with Crippen LogP contribution in [0.3, 0.4) is 0 Å². The fraction of sp³-hybridized carbons (Fsp3) is 0.471. The van der Waals surface area contributed by atoms with Gasteiger partial charge in [-0.25, -0.2) is 4.68 Å². The quantitative estimate of drug-likeness (QED) is 0.542. The van der Waals surface area contributed by atoms with E-state index in [1.165, 1.54) is 0 Å². The number of amides is 1. The summed E-state index contributed by atoms with van der Waals surface area (Å²) < 4.78 is 3.71. The van der Waals surface area contributed by atoms with Crippen molar-refractivity contribution in [2.45, 2.75) is 31.4 Å². The van der Waals surface area contributed by atoms with Crippen molar-refractivity contribution in [1.82, 2.24) is 20.0 Å². The molecular formula is C17H24N4OS3. The van der Waals surface area contributed by atoms with Crippen LogP contribution in [-0.2, 0) is 13.2 Å². The zero-order valence-corrected chi connectivity index (χ0v) is 17.4. The Kier molecular flexibility index (Phi) is 7.61. The van der Waals surface area contributed by atoms with Gasteiger partial charge in [-0.15, -0.1) is 0 Å². The first-order valence-electron chi connectivity index (χ1n) is 8.09. The number of rotatable bonds is 8. The van der Waals surface area contributed by atoms with Crippen LogP contribution < -0.4 is 5.32 Å². The maximum atomic E-state index is 11.6. The van der Waals surface area contributed by atoms with E-state index in [2.05, 4.69) is 29.2 Å². The minimum Gasteiger partial charge on any atom is -0.355 e. The van der Waals surface area contributed by atoms with Crippen molar-refractivity contribution in [1.29, 1.82) is 0 Å². The van der Waals surface area contributed by atoms with E-state index in [-0.39, 0.29) is 5.91 Å². The number of carbonyl (C=O) groups is 1. The lowest BCUT2D eigenvalue weighted by Gasteiger charge is -2.16. The minimum atomic E-state index is -0.0693. The van der Waals surface area contributed by atoms with Crippen LogP contribution in [0.4, 0.5) is 0 Å². The predicted molar refractivity (Wildman–Crippen MR) is 108 cm³/mol. The van der Waals surface area contributed by atoms with Gasteiger partial charge in [0, 0.05) is 24.9 Å². The molecule has 1 N–H and O–H groups in total. The topological polar surface area (TPSA) is 50.2 Å². The van der Waals surface area contributed by atoms with E-state index >= 15 is 0 Å². The number of benzene rings is 1. The fourth-order valence-electron chi connectivity index (χ4n) is 2.17. The zero-order valence-electron chi connectivity index (χ0n) is 15.0. The van der Waals surface area contributed by atoms with Gasteiger partial charge in [-0.3, -0.25) is 9.69 Å². The van der Waals surface area contributed by atoms with Gasteiger partial charge in [-0.05, 0) is 42.9 Å². The van der Waals surface area contributed by atoms with Crippen LogP contribution >= 0.6 is 35.3 Å². The second-order valence-corrected chi connectivity index (χ2v) is 9.16. The molecule has 0 aliphatic heterocycles. The maximum Gasteiger partial charge on any atom is 0.251 e. The molecule has 8 heteroatoms. The van der Waals surface area contributed by atoms with Crippen molar-refractivity contribution in [3.8, 4) is 0 Å². The number of thioether (sulfide) groups is 1. The van der Waals surface area contributed by atoms with E-state index in [9.17, 15) is 4.79 Å². The number of nitrogens with zero attached hydrogens (tertiary/aromatic N) is 3. The molecule has 25 heavy (non-hydrogen) atoms. The summed E-state index contributed by atoms with van der Waals surface area (Å²) in [6.45, 7) is 5.81. The molecule has 0 aliphatic rings. The molecule has 0 radical (unpaired) electrons. The Labute approximate surface area is 162 Å². The van der Waals surface area contributed by atoms with Gasteiger partial charge in [0.2, 0.25) is 0 Å². The number of nitrogens with one attached hydrogen (secondary N) is 1. The van der Waals surface area contributed by atoms with Crippen molar-refractivity contribution in [2.24, 2.45) is 5.92 Å². The van der Waals surface area contributed by atoms with Crippen molar-refractivity contribution < 1.29 is 4.79 Å². The van der Waals surface area contributed by atoms with Gasteiger partial charge in [-0.2, -0.15) is 5.10 Å². The molecule has 0 saturated carbocycles. The first kappa shape index (κ1) is 20.1. The molecule has 136 valence electrons. The molecular weight excluding hydrogens is 372 g/mol. The second-order valence-electron chi connectivity index (χ2n) is 6.27. The SMILES string of the molecule is CNC(=O)c1ccc(CN(C)Cn2nc(SCC(C)C)sc2=S)cc1. The third-order valence-electron chi connectivity index (χ3n) is 3.40. The van der Waals surface area contributed by atoms with E-state index in [1.807, 2.05) is 36.0 Å². The van der Waals surface area contributed by atoms with Crippen LogP contribution in [0.2, 0.25) is 0 Å². The summed E-state index contributed by atoms with van der Waals surface area (Å²) in [5, 5.41) is 7.24. The van der Waals surface area contributed by atoms with Gasteiger partial charge in [-0.1, -0.05) is 49.1 Å². The van der Waals surface area contributed by atoms with E-state index in [4.69, 9.17) is 12.2 Å². The monoisotopic (exact) mass is 396 g/mol. The van der Waals surface area contributed by atoms with E-state index in [1.54, 1.807) is 30.1 Å². The molecule has 1 heterocycles. The highest BCUT2D eigenvalue weighted by Crippen LogP contribution is 2.24. The van der Waals surface area contributed by atoms with Crippen LogP contribution in [-0.4, -0.2) is 40.4 Å². The van der Waals surface area contributed by atoms with Crippen LogP contribution in [0, 0.1) is 9.87 Å². The molecule has 0 saturated heterocycles. The molecule has 1 amide bonds. The standard InChI is InChI=1S/C17H24N4OS3/c1-12(2)10-24-16-19-21(17(23)25-16)11-20(4)9-13-5-7-14(8-6-13)15(22)18-3/h5-8,12H,9-11H2,1-4H3,(H,18,22). The zero-order chi connectivity index (χ0) is 18.4. The van der Waals surface area contributed by atoms with Gasteiger partial charge < -0.3 is 5.32 Å². The molecule has 0 atom stereocenters. The smallest absolute Gasteiger partial charge is 0.251 e. The van der Waals surface area contributed by atoms with Gasteiger partial charge in [0.25, 0.3) is 5.91 Å². The summed E-state index contributed by atoms with van der Waals surface area (Å²) in [5.41, 5.74) is 1.81. The van der Waals surface area contributed by atoms with Crippen LogP contribution in [0.1, 0.15) is 29.8 Å². The molecule has 0 spiro atoms. The third kappa shape index (κ3) is 6.22. The highest BCUT2D eigenvalue weighted by atomic mass is 32.2. The van der Waals surface area contributed by atoms with Crippen molar-refractivity contribution in [3.05, 3.63) is 39.3 Å². The second kappa shape index (κ2) is 9.47. The lowest BCUT2D eigenvalue weighted by Crippen LogP contribution is -2.22. The summed E-state index contributed by atoms with van der Waals surface area (Å²) in [6, 6.07) is 7.64. The molecule has 0 fully saturated rings. The van der Waals surface area contributed by atoms with Gasteiger partial charge in [0.05, 0.1) is 6.67 Å². The van der Waals surface area contributed by atoms with Crippen molar-refractivity contribution in [3.63, 3.8) is 0 Å². The van der Waals surface area contributed by atoms with Crippen molar-refractivity contribution >= 4 is 41.2 Å². The Morgan fingerprint density at radius 2 is 2.08 bits per heavy atom. The number of carbonyl (C=O) groups excluding carboxylic acids is 1. The Hall–Kier alpha value is -1.22. The summed E-state index contributed by atoms with van der Waals surface area (Å²) in [7, 11) is 3.67. The summed E-state index contributed by atoms with van der Waals surface area (Å²) in [5.74, 6) is 1.62. The Bertz CT molecular complexity index is 752. The molecule has 0 bridgehead atoms. The summed E-state index contributed by atoms with van der Waals surface area (Å²) in [4.78, 5) is 13.7. The molecule has 0 aliphatic carbocycles. The van der Waals surface area contributed by atoms with E-state index < -0.39 is 0 Å². The fourth-order valence-corrected chi connectivity index (χ4v) is 4.46. The Morgan fingerprint density at radius 1 is 1.40 bits per heavy atom. The Balaban J connectivity index is 1.94. The predicted octanol–water partition coefficient (Wildman–Crippen LogP) is 3.87. The van der Waals surface area contributed by atoms with Gasteiger partial charge in [0.1, 0.15) is 0 Å². The lowest BCUT2D eigenvalue weighted by molar-refractivity contribution is 0.0963. The molecule has 5 nitrogen and oxygen atoms in total. The molecule has 0 unspecified atom stereocenters. The lowest BCUT2D eigenvalue weighted by atomic mass is 10.1. The minimum absolute atomic E-state index is 0.0693. The van der Waals surface area contributed by atoms with Crippen molar-refractivity contribution in [2.75, 3.05) is 19.8 Å². The summed E-state index contributed by atoms with van der Waals surface area (Å²) >= 11 is 8.76. The Morgan fingerprint density at radius 3 is 2.68 bits per heavy atom. The average Bonchev–Trinajstić information content (AvgIpc) is 2.92. The highest BCUT2D eigenvalue weighted by Gasteiger charge is 2.09. The van der Waals surface area contributed by atoms with Gasteiger partial charge in [0.15, 0.2) is 8.29 Å². The van der Waals surface area contributed by atoms with E-state index in [0.717, 1.165) is 26.2 Å². The first-order chi connectivity index (χ1) is 11.9. The summed E-state index contributed by atoms with van der Waals surface area (Å²) in [6.07, 6.45) is 0. The molecule has 2 rings (SSSR count). The van der Waals surface area contributed by atoms with Crippen LogP contribution in [0.5, 0.6) is 0 Å². The maximum absolute atomic E-state index is 11.6. The third-order valence-corrected chi connectivity index (χ3v) is 6.27. The molecule has 1 aromatic carbocycles. The first-order valence-corrected chi connectivity index (χ1v) is 10.3. The number of hydrogen-bond donors (Lipinski definition) is 1. The van der Waals surface area contributed by atoms with E-state index in [0.29, 0.717) is 18.2 Å². The van der Waals surface area contributed by atoms with Crippen LogP contribution in [0.15, 0.2) is 28.6 Å². The normalized spacial score (nSPS) is 11.3. The molecule has 2 aromatic rings. The molecule has 1 aromatic heterocycles. The largest absolute Gasteiger partial charge is 0.355 e. The number of aromatic nitrogens is 2.